The van der Waals surface area contributed by atoms with Crippen LogP contribution in [0.1, 0.15) is 34.3 Å². The van der Waals surface area contributed by atoms with Crippen molar-refractivity contribution >= 4 is 11.7 Å². The SMILES string of the molecule is CNC(=O)c1cccnc1N1CCC(Oc2c(C)cccc2C)CC1. The third-order valence-electron chi connectivity index (χ3n) is 4.69. The van der Waals surface area contributed by atoms with Crippen LogP contribution in [-0.4, -0.2) is 37.1 Å². The number of para-hydroxylation sites is 1. The second kappa shape index (κ2) is 7.55. The number of hydrogen-bond donors (Lipinski definition) is 1. The number of carbonyl (C=O) groups is 1. The zero-order valence-corrected chi connectivity index (χ0v) is 15.1. The predicted molar refractivity (Wildman–Crippen MR) is 99.4 cm³/mol. The quantitative estimate of drug-likeness (QED) is 0.930. The number of pyridine rings is 1. The second-order valence-electron chi connectivity index (χ2n) is 6.48. The summed E-state index contributed by atoms with van der Waals surface area (Å²) in [7, 11) is 1.64. The summed E-state index contributed by atoms with van der Waals surface area (Å²) in [6, 6.07) is 9.84. The lowest BCUT2D eigenvalue weighted by atomic mass is 10.1. The minimum absolute atomic E-state index is 0.1000. The Labute approximate surface area is 149 Å². The molecule has 1 amide bonds. The molecule has 1 aromatic carbocycles. The summed E-state index contributed by atoms with van der Waals surface area (Å²) in [5.41, 5.74) is 2.97. The van der Waals surface area contributed by atoms with Crippen molar-refractivity contribution < 1.29 is 9.53 Å². The van der Waals surface area contributed by atoms with Crippen molar-refractivity contribution in [2.45, 2.75) is 32.8 Å². The molecule has 1 aliphatic rings. The Morgan fingerprint density at radius 2 is 1.84 bits per heavy atom. The first-order chi connectivity index (χ1) is 12.1. The summed E-state index contributed by atoms with van der Waals surface area (Å²) in [6.07, 6.45) is 3.76. The molecule has 1 fully saturated rings. The molecule has 0 bridgehead atoms. The molecule has 5 heteroatoms. The topological polar surface area (TPSA) is 54.5 Å². The van der Waals surface area contributed by atoms with Crippen LogP contribution in [0.3, 0.4) is 0 Å². The number of nitrogens with zero attached hydrogens (tertiary/aromatic N) is 2. The lowest BCUT2D eigenvalue weighted by molar-refractivity contribution is 0.0963. The van der Waals surface area contributed by atoms with Gasteiger partial charge in [-0.2, -0.15) is 0 Å². The molecule has 1 aliphatic heterocycles. The molecule has 0 unspecified atom stereocenters. The van der Waals surface area contributed by atoms with E-state index < -0.39 is 0 Å². The van der Waals surface area contributed by atoms with E-state index in [2.05, 4.69) is 47.2 Å². The molecule has 0 saturated carbocycles. The molecule has 0 aliphatic carbocycles. The number of nitrogens with one attached hydrogen (secondary N) is 1. The molecule has 1 aromatic heterocycles. The molecule has 0 radical (unpaired) electrons. The highest BCUT2D eigenvalue weighted by atomic mass is 16.5. The summed E-state index contributed by atoms with van der Waals surface area (Å²) < 4.78 is 6.27. The van der Waals surface area contributed by atoms with Gasteiger partial charge in [0.25, 0.3) is 5.91 Å². The monoisotopic (exact) mass is 339 g/mol. The van der Waals surface area contributed by atoms with E-state index in [0.717, 1.165) is 37.5 Å². The van der Waals surface area contributed by atoms with Crippen LogP contribution in [0.5, 0.6) is 5.75 Å². The molecule has 132 valence electrons. The first-order valence-corrected chi connectivity index (χ1v) is 8.75. The fourth-order valence-corrected chi connectivity index (χ4v) is 3.30. The van der Waals surface area contributed by atoms with Crippen LogP contribution >= 0.6 is 0 Å². The predicted octanol–water partition coefficient (Wildman–Crippen LogP) is 3.11. The number of hydrogen-bond acceptors (Lipinski definition) is 4. The summed E-state index contributed by atoms with van der Waals surface area (Å²) >= 11 is 0. The number of carbonyl (C=O) groups excluding carboxylic acids is 1. The van der Waals surface area contributed by atoms with E-state index in [1.807, 2.05) is 6.07 Å². The van der Waals surface area contributed by atoms with Gasteiger partial charge in [-0.25, -0.2) is 4.98 Å². The van der Waals surface area contributed by atoms with Crippen molar-refractivity contribution in [3.05, 3.63) is 53.2 Å². The van der Waals surface area contributed by atoms with Gasteiger partial charge in [-0.05, 0) is 37.1 Å². The maximum Gasteiger partial charge on any atom is 0.254 e. The smallest absolute Gasteiger partial charge is 0.254 e. The lowest BCUT2D eigenvalue weighted by Gasteiger charge is -2.34. The normalized spacial score (nSPS) is 15.1. The molecule has 2 aromatic rings. The summed E-state index contributed by atoms with van der Waals surface area (Å²) in [6.45, 7) is 5.83. The first kappa shape index (κ1) is 17.3. The molecular formula is C20H25N3O2. The maximum absolute atomic E-state index is 12.1. The van der Waals surface area contributed by atoms with Crippen LogP contribution in [0.4, 0.5) is 5.82 Å². The van der Waals surface area contributed by atoms with Crippen molar-refractivity contribution in [1.29, 1.82) is 0 Å². The second-order valence-corrected chi connectivity index (χ2v) is 6.48. The van der Waals surface area contributed by atoms with Gasteiger partial charge in [-0.1, -0.05) is 18.2 Å². The number of aryl methyl sites for hydroxylation is 2. The number of rotatable bonds is 4. The van der Waals surface area contributed by atoms with E-state index in [1.165, 1.54) is 11.1 Å². The van der Waals surface area contributed by atoms with Gasteiger partial charge in [0.15, 0.2) is 0 Å². The van der Waals surface area contributed by atoms with E-state index in [4.69, 9.17) is 4.74 Å². The van der Waals surface area contributed by atoms with Crippen molar-refractivity contribution in [2.24, 2.45) is 0 Å². The summed E-state index contributed by atoms with van der Waals surface area (Å²) in [5, 5.41) is 2.68. The number of aromatic nitrogens is 1. The Kier molecular flexibility index (Phi) is 5.22. The van der Waals surface area contributed by atoms with Gasteiger partial charge >= 0.3 is 0 Å². The third kappa shape index (κ3) is 3.76. The number of piperidine rings is 1. The average Bonchev–Trinajstić information content (AvgIpc) is 2.65. The molecule has 25 heavy (non-hydrogen) atoms. The van der Waals surface area contributed by atoms with Crippen molar-refractivity contribution in [1.82, 2.24) is 10.3 Å². The largest absolute Gasteiger partial charge is 0.490 e. The van der Waals surface area contributed by atoms with E-state index in [-0.39, 0.29) is 12.0 Å². The molecule has 3 rings (SSSR count). The van der Waals surface area contributed by atoms with Crippen LogP contribution in [0.25, 0.3) is 0 Å². The highest BCUT2D eigenvalue weighted by Crippen LogP contribution is 2.28. The Bertz CT molecular complexity index is 732. The van der Waals surface area contributed by atoms with Crippen molar-refractivity contribution in [3.8, 4) is 5.75 Å². The summed E-state index contributed by atoms with van der Waals surface area (Å²) in [5.74, 6) is 1.66. The molecule has 2 heterocycles. The minimum atomic E-state index is -0.1000. The number of anilines is 1. The third-order valence-corrected chi connectivity index (χ3v) is 4.69. The van der Waals surface area contributed by atoms with Gasteiger partial charge in [0.2, 0.25) is 0 Å². The molecule has 1 saturated heterocycles. The van der Waals surface area contributed by atoms with Gasteiger partial charge in [0.1, 0.15) is 17.7 Å². The summed E-state index contributed by atoms with van der Waals surface area (Å²) in [4.78, 5) is 18.7. The van der Waals surface area contributed by atoms with Gasteiger partial charge in [-0.3, -0.25) is 4.79 Å². The van der Waals surface area contributed by atoms with E-state index in [9.17, 15) is 4.79 Å². The van der Waals surface area contributed by atoms with E-state index in [0.29, 0.717) is 5.56 Å². The van der Waals surface area contributed by atoms with E-state index in [1.54, 1.807) is 19.3 Å². The van der Waals surface area contributed by atoms with E-state index >= 15 is 0 Å². The minimum Gasteiger partial charge on any atom is -0.490 e. The number of amides is 1. The van der Waals surface area contributed by atoms with Gasteiger partial charge in [-0.15, -0.1) is 0 Å². The Balaban J connectivity index is 1.68. The van der Waals surface area contributed by atoms with Crippen LogP contribution in [-0.2, 0) is 0 Å². The fourth-order valence-electron chi connectivity index (χ4n) is 3.30. The fraction of sp³-hybridized carbons (Fsp3) is 0.400. The average molecular weight is 339 g/mol. The Hall–Kier alpha value is -2.56. The molecule has 0 atom stereocenters. The highest BCUT2D eigenvalue weighted by Gasteiger charge is 2.25. The molecule has 1 N–H and O–H groups in total. The number of benzene rings is 1. The van der Waals surface area contributed by atoms with Gasteiger partial charge < -0.3 is 15.0 Å². The molecule has 0 spiro atoms. The molecular weight excluding hydrogens is 314 g/mol. The Morgan fingerprint density at radius 1 is 1.16 bits per heavy atom. The lowest BCUT2D eigenvalue weighted by Crippen LogP contribution is -2.40. The van der Waals surface area contributed by atoms with Gasteiger partial charge in [0, 0.05) is 39.2 Å². The van der Waals surface area contributed by atoms with Crippen molar-refractivity contribution in [2.75, 3.05) is 25.0 Å². The first-order valence-electron chi connectivity index (χ1n) is 8.75. The zero-order chi connectivity index (χ0) is 17.8. The zero-order valence-electron chi connectivity index (χ0n) is 15.1. The molecule has 5 nitrogen and oxygen atoms in total. The van der Waals surface area contributed by atoms with Crippen LogP contribution < -0.4 is 15.0 Å². The van der Waals surface area contributed by atoms with Crippen LogP contribution in [0.15, 0.2) is 36.5 Å². The van der Waals surface area contributed by atoms with Crippen molar-refractivity contribution in [3.63, 3.8) is 0 Å². The van der Waals surface area contributed by atoms with Crippen LogP contribution in [0.2, 0.25) is 0 Å². The highest BCUT2D eigenvalue weighted by molar-refractivity contribution is 5.98. The Morgan fingerprint density at radius 3 is 2.48 bits per heavy atom. The standard InChI is InChI=1S/C20H25N3O2/c1-14-6-4-7-15(2)18(14)25-16-9-12-23(13-10-16)19-17(20(24)21-3)8-5-11-22-19/h4-8,11,16H,9-10,12-13H2,1-3H3,(H,21,24). The van der Waals surface area contributed by atoms with Crippen LogP contribution in [0, 0.1) is 13.8 Å². The maximum atomic E-state index is 12.1. The van der Waals surface area contributed by atoms with Gasteiger partial charge in [0.05, 0.1) is 5.56 Å². The number of ether oxygens (including phenoxy) is 1.